The molecular weight excluding hydrogens is 330 g/mol. The molecule has 0 fully saturated rings. The summed E-state index contributed by atoms with van der Waals surface area (Å²) in [5.41, 5.74) is 4.53. The molecule has 1 unspecified atom stereocenters. The van der Waals surface area contributed by atoms with Crippen LogP contribution in [0.3, 0.4) is 0 Å². The molecule has 0 amide bonds. The molecule has 1 atom stereocenters. The molecule has 7 nitrogen and oxygen atoms in total. The van der Waals surface area contributed by atoms with E-state index < -0.39 is 0 Å². The molecule has 0 radical (unpaired) electrons. The fraction of sp³-hybridized carbons (Fsp3) is 0.263. The second-order valence-corrected chi connectivity index (χ2v) is 6.52. The average Bonchev–Trinajstić information content (AvgIpc) is 3.28. The number of fused-ring (bicyclic) bond motifs is 2. The molecule has 7 heteroatoms. The van der Waals surface area contributed by atoms with E-state index in [2.05, 4.69) is 20.2 Å². The van der Waals surface area contributed by atoms with Crippen molar-refractivity contribution in [1.29, 1.82) is 0 Å². The van der Waals surface area contributed by atoms with Crippen molar-refractivity contribution in [3.8, 4) is 17.1 Å². The number of nitrogens with zero attached hydrogens (tertiary/aromatic N) is 5. The van der Waals surface area contributed by atoms with Crippen molar-refractivity contribution in [2.24, 2.45) is 0 Å². The van der Waals surface area contributed by atoms with E-state index in [0.717, 1.165) is 40.3 Å². The molecule has 0 bridgehead atoms. The zero-order valence-electron chi connectivity index (χ0n) is 14.5. The molecule has 26 heavy (non-hydrogen) atoms. The Kier molecular flexibility index (Phi) is 3.28. The summed E-state index contributed by atoms with van der Waals surface area (Å²) < 4.78 is 13.1. The van der Waals surface area contributed by atoms with E-state index in [9.17, 15) is 0 Å². The van der Waals surface area contributed by atoms with Crippen LogP contribution in [0.1, 0.15) is 35.2 Å². The highest BCUT2D eigenvalue weighted by Crippen LogP contribution is 2.37. The minimum Gasteiger partial charge on any atom is -0.493 e. The summed E-state index contributed by atoms with van der Waals surface area (Å²) in [7, 11) is 0. The monoisotopic (exact) mass is 347 g/mol. The molecular formula is C19H17N5O2. The number of hydrogen-bond donors (Lipinski definition) is 0. The normalized spacial score (nSPS) is 16.5. The first-order chi connectivity index (χ1) is 12.7. The molecule has 5 rings (SSSR count). The van der Waals surface area contributed by atoms with E-state index in [4.69, 9.17) is 9.26 Å². The van der Waals surface area contributed by atoms with E-state index >= 15 is 0 Å². The molecule has 0 saturated carbocycles. The van der Waals surface area contributed by atoms with E-state index in [1.807, 2.05) is 44.2 Å². The quantitative estimate of drug-likeness (QED) is 0.553. The van der Waals surface area contributed by atoms with Crippen molar-refractivity contribution in [2.75, 3.05) is 6.61 Å². The predicted molar refractivity (Wildman–Crippen MR) is 94.2 cm³/mol. The molecule has 4 heterocycles. The van der Waals surface area contributed by atoms with Gasteiger partial charge in [0.2, 0.25) is 11.7 Å². The van der Waals surface area contributed by atoms with E-state index in [-0.39, 0.29) is 5.92 Å². The second kappa shape index (κ2) is 5.66. The fourth-order valence-corrected chi connectivity index (χ4v) is 3.51. The van der Waals surface area contributed by atoms with Crippen molar-refractivity contribution in [3.05, 3.63) is 59.4 Å². The zero-order chi connectivity index (χ0) is 17.7. The van der Waals surface area contributed by atoms with E-state index in [1.165, 1.54) is 0 Å². The Balaban J connectivity index is 1.58. The number of rotatable bonds is 2. The van der Waals surface area contributed by atoms with Crippen LogP contribution in [0.2, 0.25) is 0 Å². The van der Waals surface area contributed by atoms with Crippen molar-refractivity contribution in [2.45, 2.75) is 26.2 Å². The summed E-state index contributed by atoms with van der Waals surface area (Å²) in [6.07, 6.45) is 2.55. The first kappa shape index (κ1) is 15.1. The van der Waals surface area contributed by atoms with Gasteiger partial charge < -0.3 is 9.26 Å². The molecule has 1 aliphatic rings. The highest BCUT2D eigenvalue weighted by molar-refractivity contribution is 5.72. The van der Waals surface area contributed by atoms with Crippen molar-refractivity contribution in [3.63, 3.8) is 0 Å². The van der Waals surface area contributed by atoms with Gasteiger partial charge in [-0.25, -0.2) is 9.50 Å². The van der Waals surface area contributed by atoms with Gasteiger partial charge in [-0.15, -0.1) is 0 Å². The maximum absolute atomic E-state index is 5.73. The van der Waals surface area contributed by atoms with Gasteiger partial charge in [0, 0.05) is 17.0 Å². The summed E-state index contributed by atoms with van der Waals surface area (Å²) >= 11 is 0. The molecule has 0 spiro atoms. The third kappa shape index (κ3) is 2.28. The number of para-hydroxylation sites is 1. The Labute approximate surface area is 149 Å². The van der Waals surface area contributed by atoms with Gasteiger partial charge in [-0.05, 0) is 32.4 Å². The molecule has 0 saturated heterocycles. The third-order valence-corrected chi connectivity index (χ3v) is 4.72. The maximum atomic E-state index is 5.73. The highest BCUT2D eigenvalue weighted by Gasteiger charge is 2.28. The molecule has 4 aromatic rings. The standard InChI is InChI=1S/C19H17N5O2/c1-11-9-12(2)24-18(21-11)15(10-20-24)17-22-19(26-23-17)14-7-8-25-16-6-4-3-5-13(14)16/h3-6,9-10,14H,7-8H2,1-2H3. The lowest BCUT2D eigenvalue weighted by molar-refractivity contribution is 0.257. The number of aromatic nitrogens is 5. The molecule has 3 aromatic heterocycles. The predicted octanol–water partition coefficient (Wildman–Crippen LogP) is 3.31. The van der Waals surface area contributed by atoms with Crippen LogP contribution in [-0.2, 0) is 0 Å². The van der Waals surface area contributed by atoms with Crippen LogP contribution in [0.4, 0.5) is 0 Å². The van der Waals surface area contributed by atoms with Crippen LogP contribution < -0.4 is 4.74 Å². The molecule has 130 valence electrons. The van der Waals surface area contributed by atoms with Gasteiger partial charge in [0.05, 0.1) is 24.3 Å². The molecule has 0 aliphatic carbocycles. The van der Waals surface area contributed by atoms with Gasteiger partial charge in [-0.2, -0.15) is 10.1 Å². The lowest BCUT2D eigenvalue weighted by atomic mass is 9.93. The number of benzene rings is 1. The van der Waals surface area contributed by atoms with Crippen LogP contribution in [0.25, 0.3) is 17.0 Å². The summed E-state index contributed by atoms with van der Waals surface area (Å²) in [5.74, 6) is 2.03. The second-order valence-electron chi connectivity index (χ2n) is 6.52. The summed E-state index contributed by atoms with van der Waals surface area (Å²) in [5, 5.41) is 8.60. The Morgan fingerprint density at radius 2 is 2.04 bits per heavy atom. The number of aryl methyl sites for hydroxylation is 2. The SMILES string of the molecule is Cc1cc(C)n2ncc(-c3noc(C4CCOc5ccccc54)n3)c2n1. The lowest BCUT2D eigenvalue weighted by Crippen LogP contribution is -2.15. The van der Waals surface area contributed by atoms with Crippen LogP contribution in [0.15, 0.2) is 41.1 Å². The smallest absolute Gasteiger partial charge is 0.234 e. The summed E-state index contributed by atoms with van der Waals surface area (Å²) in [6, 6.07) is 9.98. The van der Waals surface area contributed by atoms with Gasteiger partial charge in [0.25, 0.3) is 0 Å². The summed E-state index contributed by atoms with van der Waals surface area (Å²) in [6.45, 7) is 4.60. The minimum atomic E-state index is 0.0412. The molecule has 0 N–H and O–H groups in total. The van der Waals surface area contributed by atoms with Gasteiger partial charge >= 0.3 is 0 Å². The fourth-order valence-electron chi connectivity index (χ4n) is 3.51. The number of ether oxygens (including phenoxy) is 1. The van der Waals surface area contributed by atoms with Crippen LogP contribution >= 0.6 is 0 Å². The van der Waals surface area contributed by atoms with E-state index in [0.29, 0.717) is 18.3 Å². The van der Waals surface area contributed by atoms with Crippen LogP contribution in [0, 0.1) is 13.8 Å². The Hall–Kier alpha value is -3.22. The van der Waals surface area contributed by atoms with Gasteiger partial charge in [-0.1, -0.05) is 23.4 Å². The zero-order valence-corrected chi connectivity index (χ0v) is 14.5. The molecule has 1 aliphatic heterocycles. The first-order valence-corrected chi connectivity index (χ1v) is 8.58. The average molecular weight is 347 g/mol. The minimum absolute atomic E-state index is 0.0412. The van der Waals surface area contributed by atoms with Gasteiger partial charge in [0.1, 0.15) is 5.75 Å². The van der Waals surface area contributed by atoms with Crippen molar-refractivity contribution in [1.82, 2.24) is 24.7 Å². The third-order valence-electron chi connectivity index (χ3n) is 4.72. The van der Waals surface area contributed by atoms with E-state index in [1.54, 1.807) is 10.7 Å². The van der Waals surface area contributed by atoms with Crippen molar-refractivity contribution < 1.29 is 9.26 Å². The Morgan fingerprint density at radius 3 is 2.96 bits per heavy atom. The lowest BCUT2D eigenvalue weighted by Gasteiger charge is -2.22. The van der Waals surface area contributed by atoms with Gasteiger partial charge in [-0.3, -0.25) is 0 Å². The highest BCUT2D eigenvalue weighted by atomic mass is 16.5. The first-order valence-electron chi connectivity index (χ1n) is 8.58. The maximum Gasteiger partial charge on any atom is 0.234 e. The number of hydrogen-bond acceptors (Lipinski definition) is 6. The van der Waals surface area contributed by atoms with Gasteiger partial charge in [0.15, 0.2) is 5.65 Å². The van der Waals surface area contributed by atoms with Crippen LogP contribution in [-0.4, -0.2) is 31.3 Å². The summed E-state index contributed by atoms with van der Waals surface area (Å²) in [4.78, 5) is 9.25. The topological polar surface area (TPSA) is 78.3 Å². The van der Waals surface area contributed by atoms with Crippen LogP contribution in [0.5, 0.6) is 5.75 Å². The Morgan fingerprint density at radius 1 is 1.15 bits per heavy atom. The molecule has 1 aromatic carbocycles. The van der Waals surface area contributed by atoms with Crippen molar-refractivity contribution >= 4 is 5.65 Å². The largest absolute Gasteiger partial charge is 0.493 e. The Bertz CT molecular complexity index is 1110.